The van der Waals surface area contributed by atoms with E-state index in [9.17, 15) is 4.79 Å². The van der Waals surface area contributed by atoms with Crippen LogP contribution in [0.5, 0.6) is 5.75 Å². The number of benzene rings is 2. The summed E-state index contributed by atoms with van der Waals surface area (Å²) in [6, 6.07) is 17.4. The van der Waals surface area contributed by atoms with Crippen LogP contribution in [0, 0.1) is 13.8 Å². The van der Waals surface area contributed by atoms with Crippen molar-refractivity contribution in [1.82, 2.24) is 9.97 Å². The molecule has 0 aliphatic heterocycles. The first-order valence-corrected chi connectivity index (χ1v) is 9.10. The minimum absolute atomic E-state index is 0.146. The van der Waals surface area contributed by atoms with Crippen LogP contribution in [0.3, 0.4) is 0 Å². The Hall–Kier alpha value is -2.53. The van der Waals surface area contributed by atoms with Crippen LogP contribution in [-0.4, -0.2) is 22.3 Å². The molecular weight excluding hydrogens is 332 g/mol. The lowest BCUT2D eigenvalue weighted by Crippen LogP contribution is -2.09. The lowest BCUT2D eigenvalue weighted by Gasteiger charge is -2.10. The maximum atomic E-state index is 11.9. The molecule has 0 unspecified atom stereocenters. The molecule has 1 aromatic heterocycles. The van der Waals surface area contributed by atoms with Crippen LogP contribution in [0.15, 0.2) is 64.5 Å². The van der Waals surface area contributed by atoms with E-state index in [2.05, 4.69) is 22.1 Å². The smallest absolute Gasteiger partial charge is 0.252 e. The van der Waals surface area contributed by atoms with Crippen molar-refractivity contribution in [2.75, 3.05) is 12.4 Å². The molecule has 1 N–H and O–H groups in total. The highest BCUT2D eigenvalue weighted by atomic mass is 32.2. The van der Waals surface area contributed by atoms with E-state index < -0.39 is 0 Å². The van der Waals surface area contributed by atoms with Crippen molar-refractivity contribution in [3.8, 4) is 17.0 Å². The number of nitrogens with one attached hydrogen (secondary N) is 1. The standard InChI is InChI=1S/C20H20N2O2S/c1-14-8-9-15(2)18(12-14)24-10-11-25-20-21-17(13-19(23)22-20)16-6-4-3-5-7-16/h3-9,12-13H,10-11H2,1-2H3,(H,21,22,23). The van der Waals surface area contributed by atoms with Gasteiger partial charge in [-0.1, -0.05) is 54.2 Å². The molecule has 0 saturated carbocycles. The zero-order chi connectivity index (χ0) is 17.6. The molecule has 1 heterocycles. The van der Waals surface area contributed by atoms with Crippen LogP contribution in [0.25, 0.3) is 11.3 Å². The van der Waals surface area contributed by atoms with Crippen molar-refractivity contribution < 1.29 is 4.74 Å². The monoisotopic (exact) mass is 352 g/mol. The molecule has 2 aromatic carbocycles. The number of aromatic nitrogens is 2. The van der Waals surface area contributed by atoms with E-state index in [0.29, 0.717) is 23.2 Å². The van der Waals surface area contributed by atoms with Gasteiger partial charge in [-0.2, -0.15) is 0 Å². The van der Waals surface area contributed by atoms with Crippen LogP contribution < -0.4 is 10.3 Å². The number of hydrogen-bond acceptors (Lipinski definition) is 4. The summed E-state index contributed by atoms with van der Waals surface area (Å²) in [5.74, 6) is 1.61. The molecule has 0 atom stereocenters. The molecule has 128 valence electrons. The first kappa shape index (κ1) is 17.3. The number of rotatable bonds is 6. The molecule has 25 heavy (non-hydrogen) atoms. The fourth-order valence-corrected chi connectivity index (χ4v) is 3.11. The topological polar surface area (TPSA) is 55.0 Å². The van der Waals surface area contributed by atoms with E-state index >= 15 is 0 Å². The maximum Gasteiger partial charge on any atom is 0.252 e. The zero-order valence-corrected chi connectivity index (χ0v) is 15.1. The third-order valence-electron chi connectivity index (χ3n) is 3.71. The van der Waals surface area contributed by atoms with E-state index in [1.165, 1.54) is 23.4 Å². The second-order valence-electron chi connectivity index (χ2n) is 5.77. The number of H-pyrrole nitrogens is 1. The molecule has 3 aromatic rings. The quantitative estimate of drug-likeness (QED) is 0.410. The Kier molecular flexibility index (Phi) is 5.56. The van der Waals surface area contributed by atoms with Gasteiger partial charge in [-0.15, -0.1) is 0 Å². The lowest BCUT2D eigenvalue weighted by molar-refractivity contribution is 0.341. The summed E-state index contributed by atoms with van der Waals surface area (Å²) >= 11 is 1.48. The second kappa shape index (κ2) is 8.03. The van der Waals surface area contributed by atoms with Gasteiger partial charge in [0.15, 0.2) is 5.16 Å². The molecule has 0 aliphatic carbocycles. The summed E-state index contributed by atoms with van der Waals surface area (Å²) in [6.07, 6.45) is 0. The van der Waals surface area contributed by atoms with Gasteiger partial charge < -0.3 is 9.72 Å². The highest BCUT2D eigenvalue weighted by molar-refractivity contribution is 7.99. The molecule has 5 heteroatoms. The fourth-order valence-electron chi connectivity index (χ4n) is 2.41. The molecule has 0 spiro atoms. The van der Waals surface area contributed by atoms with Gasteiger partial charge in [0.25, 0.3) is 5.56 Å². The van der Waals surface area contributed by atoms with Gasteiger partial charge in [0.05, 0.1) is 12.3 Å². The molecule has 0 amide bonds. The normalized spacial score (nSPS) is 10.6. The summed E-state index contributed by atoms with van der Waals surface area (Å²) in [7, 11) is 0. The second-order valence-corrected chi connectivity index (χ2v) is 6.85. The SMILES string of the molecule is Cc1ccc(C)c(OCCSc2nc(-c3ccccc3)cc(=O)[nH]2)c1. The van der Waals surface area contributed by atoms with E-state index in [-0.39, 0.29) is 5.56 Å². The highest BCUT2D eigenvalue weighted by Crippen LogP contribution is 2.21. The van der Waals surface area contributed by atoms with Gasteiger partial charge >= 0.3 is 0 Å². The van der Waals surface area contributed by atoms with E-state index in [1.54, 1.807) is 0 Å². The van der Waals surface area contributed by atoms with Gasteiger partial charge in [0, 0.05) is 17.4 Å². The molecule has 4 nitrogen and oxygen atoms in total. The van der Waals surface area contributed by atoms with Gasteiger partial charge in [0.2, 0.25) is 0 Å². The third-order valence-corrected chi connectivity index (χ3v) is 4.55. The third kappa shape index (κ3) is 4.73. The van der Waals surface area contributed by atoms with Gasteiger partial charge in [-0.25, -0.2) is 4.98 Å². The summed E-state index contributed by atoms with van der Waals surface area (Å²) in [5, 5.41) is 0.607. The average molecular weight is 352 g/mol. The molecule has 0 aliphatic rings. The number of nitrogens with zero attached hydrogens (tertiary/aromatic N) is 1. The van der Waals surface area contributed by atoms with E-state index in [0.717, 1.165) is 16.9 Å². The van der Waals surface area contributed by atoms with E-state index in [4.69, 9.17) is 4.74 Å². The molecule has 3 rings (SSSR count). The minimum atomic E-state index is -0.146. The predicted octanol–water partition coefficient (Wildman–Crippen LogP) is 4.22. The zero-order valence-electron chi connectivity index (χ0n) is 14.3. The van der Waals surface area contributed by atoms with Crippen LogP contribution in [0.4, 0.5) is 0 Å². The van der Waals surface area contributed by atoms with Crippen LogP contribution in [0.1, 0.15) is 11.1 Å². The van der Waals surface area contributed by atoms with Gasteiger partial charge in [0.1, 0.15) is 5.75 Å². The predicted molar refractivity (Wildman–Crippen MR) is 102 cm³/mol. The molecule has 0 bridgehead atoms. The lowest BCUT2D eigenvalue weighted by atomic mass is 10.1. The van der Waals surface area contributed by atoms with Crippen molar-refractivity contribution in [3.63, 3.8) is 0 Å². The first-order valence-electron chi connectivity index (χ1n) is 8.11. The Labute approximate surface area is 151 Å². The van der Waals surface area contributed by atoms with Crippen molar-refractivity contribution >= 4 is 11.8 Å². The molecule has 0 radical (unpaired) electrons. The van der Waals surface area contributed by atoms with Crippen LogP contribution in [-0.2, 0) is 0 Å². The van der Waals surface area contributed by atoms with Gasteiger partial charge in [-0.3, -0.25) is 4.79 Å². The van der Waals surface area contributed by atoms with Crippen LogP contribution >= 0.6 is 11.8 Å². The van der Waals surface area contributed by atoms with Crippen molar-refractivity contribution in [3.05, 3.63) is 76.1 Å². The van der Waals surface area contributed by atoms with E-state index in [1.807, 2.05) is 50.2 Å². The minimum Gasteiger partial charge on any atom is -0.492 e. The number of hydrogen-bond donors (Lipinski definition) is 1. The fraction of sp³-hybridized carbons (Fsp3) is 0.200. The Morgan fingerprint density at radius 3 is 2.68 bits per heavy atom. The largest absolute Gasteiger partial charge is 0.492 e. The number of aromatic amines is 1. The van der Waals surface area contributed by atoms with Crippen molar-refractivity contribution in [2.24, 2.45) is 0 Å². The Balaban J connectivity index is 1.63. The molecule has 0 saturated heterocycles. The summed E-state index contributed by atoms with van der Waals surface area (Å²) in [4.78, 5) is 19.2. The van der Waals surface area contributed by atoms with Crippen molar-refractivity contribution in [1.29, 1.82) is 0 Å². The first-order chi connectivity index (χ1) is 12.1. The Morgan fingerprint density at radius 2 is 1.88 bits per heavy atom. The van der Waals surface area contributed by atoms with Crippen LogP contribution in [0.2, 0.25) is 0 Å². The summed E-state index contributed by atoms with van der Waals surface area (Å²) < 4.78 is 5.84. The van der Waals surface area contributed by atoms with Gasteiger partial charge in [-0.05, 0) is 31.0 Å². The molecule has 0 fully saturated rings. The molecular formula is C20H20N2O2S. The maximum absolute atomic E-state index is 11.9. The Morgan fingerprint density at radius 1 is 1.08 bits per heavy atom. The number of thioether (sulfide) groups is 1. The Bertz CT molecular complexity index is 907. The summed E-state index contributed by atoms with van der Waals surface area (Å²) in [5.41, 5.74) is 3.76. The summed E-state index contributed by atoms with van der Waals surface area (Å²) in [6.45, 7) is 4.63. The number of ether oxygens (including phenoxy) is 1. The highest BCUT2D eigenvalue weighted by Gasteiger charge is 2.05. The van der Waals surface area contributed by atoms with Crippen molar-refractivity contribution in [2.45, 2.75) is 19.0 Å². The average Bonchev–Trinajstić information content (AvgIpc) is 2.62. The number of aryl methyl sites for hydroxylation is 2.